The van der Waals surface area contributed by atoms with Crippen molar-refractivity contribution in [2.75, 3.05) is 7.11 Å². The smallest absolute Gasteiger partial charge is 0.170 e. The predicted octanol–water partition coefficient (Wildman–Crippen LogP) is 2.17. The highest BCUT2D eigenvalue weighted by Gasteiger charge is 2.44. The van der Waals surface area contributed by atoms with Crippen LogP contribution in [0.15, 0.2) is 4.47 Å². The molecule has 1 saturated carbocycles. The van der Waals surface area contributed by atoms with Gasteiger partial charge in [0.2, 0.25) is 0 Å². The van der Waals surface area contributed by atoms with Gasteiger partial charge in [-0.15, -0.1) is 0 Å². The van der Waals surface area contributed by atoms with Crippen molar-refractivity contribution in [1.29, 1.82) is 0 Å². The molecule has 0 bridgehead atoms. The third-order valence-electron chi connectivity index (χ3n) is 3.65. The van der Waals surface area contributed by atoms with Crippen LogP contribution < -0.4 is 0 Å². The van der Waals surface area contributed by atoms with Gasteiger partial charge in [-0.05, 0) is 42.1 Å². The van der Waals surface area contributed by atoms with E-state index in [0.29, 0.717) is 6.42 Å². The lowest BCUT2D eigenvalue weighted by Gasteiger charge is -2.38. The monoisotopic (exact) mass is 300 g/mol. The second kappa shape index (κ2) is 4.53. The van der Waals surface area contributed by atoms with Gasteiger partial charge in [0.1, 0.15) is 5.60 Å². The van der Waals surface area contributed by atoms with Crippen LogP contribution >= 0.6 is 15.9 Å². The number of aromatic nitrogens is 2. The molecule has 0 N–H and O–H groups in total. The number of carbonyl (C=O) groups is 1. The normalized spacial score (nSPS) is 17.9. The van der Waals surface area contributed by atoms with E-state index in [1.54, 1.807) is 11.8 Å². The van der Waals surface area contributed by atoms with Crippen LogP contribution in [0, 0.1) is 6.92 Å². The van der Waals surface area contributed by atoms with Gasteiger partial charge in [-0.3, -0.25) is 9.48 Å². The Morgan fingerprint density at radius 2 is 2.24 bits per heavy atom. The number of ketones is 1. The molecule has 0 unspecified atom stereocenters. The summed E-state index contributed by atoms with van der Waals surface area (Å²) in [5, 5.41) is 4.29. The summed E-state index contributed by atoms with van der Waals surface area (Å²) >= 11 is 3.48. The molecule has 0 aliphatic heterocycles. The first-order valence-electron chi connectivity index (χ1n) is 5.76. The minimum Gasteiger partial charge on any atom is -0.370 e. The van der Waals surface area contributed by atoms with E-state index in [-0.39, 0.29) is 5.78 Å². The third-order valence-corrected chi connectivity index (χ3v) is 4.68. The van der Waals surface area contributed by atoms with Crippen LogP contribution in [0.3, 0.4) is 0 Å². The molecule has 0 amide bonds. The van der Waals surface area contributed by atoms with E-state index in [0.717, 1.165) is 35.1 Å². The molecule has 0 radical (unpaired) electrons. The number of halogens is 1. The van der Waals surface area contributed by atoms with Crippen molar-refractivity contribution in [3.8, 4) is 0 Å². The zero-order valence-corrected chi connectivity index (χ0v) is 12.0. The molecule has 0 aromatic carbocycles. The molecule has 94 valence electrons. The Hall–Kier alpha value is -0.680. The highest BCUT2D eigenvalue weighted by atomic mass is 79.9. The number of Topliss-reactive ketones (excluding diaryl/α,β-unsaturated/α-hetero) is 1. The van der Waals surface area contributed by atoms with E-state index in [2.05, 4.69) is 21.0 Å². The molecular weight excluding hydrogens is 284 g/mol. The molecule has 1 aromatic heterocycles. The molecule has 0 spiro atoms. The van der Waals surface area contributed by atoms with Crippen molar-refractivity contribution >= 4 is 21.7 Å². The summed E-state index contributed by atoms with van der Waals surface area (Å²) < 4.78 is 8.09. The minimum atomic E-state index is -0.530. The Morgan fingerprint density at radius 1 is 1.59 bits per heavy atom. The molecule has 17 heavy (non-hydrogen) atoms. The quantitative estimate of drug-likeness (QED) is 0.856. The van der Waals surface area contributed by atoms with Gasteiger partial charge in [-0.1, -0.05) is 0 Å². The molecule has 5 heteroatoms. The molecule has 1 fully saturated rings. The largest absolute Gasteiger partial charge is 0.370 e. The maximum Gasteiger partial charge on any atom is 0.170 e. The first-order valence-corrected chi connectivity index (χ1v) is 6.56. The minimum absolute atomic E-state index is 0.162. The molecular formula is C12H17BrN2O2. The lowest BCUT2D eigenvalue weighted by molar-refractivity contribution is -0.151. The Balaban J connectivity index is 2.18. The SMILES string of the molecule is COC1(C(=O)Cc2c(Br)c(C)nn2C)CCC1. The second-order valence-corrected chi connectivity index (χ2v) is 5.41. The van der Waals surface area contributed by atoms with Crippen molar-refractivity contribution in [3.05, 3.63) is 15.9 Å². The van der Waals surface area contributed by atoms with Crippen molar-refractivity contribution < 1.29 is 9.53 Å². The summed E-state index contributed by atoms with van der Waals surface area (Å²) in [6, 6.07) is 0. The van der Waals surface area contributed by atoms with Crippen molar-refractivity contribution in [1.82, 2.24) is 9.78 Å². The van der Waals surface area contributed by atoms with Crippen LogP contribution in [0.1, 0.15) is 30.7 Å². The number of hydrogen-bond donors (Lipinski definition) is 0. The Kier molecular flexibility index (Phi) is 3.41. The summed E-state index contributed by atoms with van der Waals surface area (Å²) in [7, 11) is 3.49. The average Bonchev–Trinajstić information content (AvgIpc) is 2.44. The highest BCUT2D eigenvalue weighted by molar-refractivity contribution is 9.10. The first-order chi connectivity index (χ1) is 8.00. The van der Waals surface area contributed by atoms with Gasteiger partial charge < -0.3 is 4.74 Å². The van der Waals surface area contributed by atoms with E-state index in [1.807, 2.05) is 14.0 Å². The summed E-state index contributed by atoms with van der Waals surface area (Å²) in [6.45, 7) is 1.92. The highest BCUT2D eigenvalue weighted by Crippen LogP contribution is 2.37. The maximum absolute atomic E-state index is 12.3. The summed E-state index contributed by atoms with van der Waals surface area (Å²) in [5.74, 6) is 0.162. The standard InChI is InChI=1S/C12H17BrN2O2/c1-8-11(13)9(15(2)14-8)7-10(16)12(17-3)5-4-6-12/h4-7H2,1-3H3. The fourth-order valence-electron chi connectivity index (χ4n) is 2.28. The van der Waals surface area contributed by atoms with Gasteiger partial charge in [0.15, 0.2) is 5.78 Å². The van der Waals surface area contributed by atoms with Crippen LogP contribution in [-0.4, -0.2) is 28.3 Å². The van der Waals surface area contributed by atoms with Gasteiger partial charge in [0.25, 0.3) is 0 Å². The number of nitrogens with zero attached hydrogens (tertiary/aromatic N) is 2. The number of aryl methyl sites for hydroxylation is 2. The van der Waals surface area contributed by atoms with Crippen LogP contribution in [0.2, 0.25) is 0 Å². The molecule has 0 atom stereocenters. The fourth-order valence-corrected chi connectivity index (χ4v) is 2.76. The molecule has 4 nitrogen and oxygen atoms in total. The maximum atomic E-state index is 12.3. The molecule has 2 rings (SSSR count). The number of hydrogen-bond acceptors (Lipinski definition) is 3. The van der Waals surface area contributed by atoms with Crippen LogP contribution in [0.25, 0.3) is 0 Å². The zero-order valence-electron chi connectivity index (χ0n) is 10.4. The lowest BCUT2D eigenvalue weighted by atomic mass is 9.75. The number of rotatable bonds is 4. The average molecular weight is 301 g/mol. The summed E-state index contributed by atoms with van der Waals surface area (Å²) in [4.78, 5) is 12.3. The molecule has 1 heterocycles. The zero-order chi connectivity index (χ0) is 12.6. The molecule has 1 aliphatic rings. The molecule has 1 aliphatic carbocycles. The Morgan fingerprint density at radius 3 is 2.59 bits per heavy atom. The number of methoxy groups -OCH3 is 1. The van der Waals surface area contributed by atoms with E-state index in [4.69, 9.17) is 4.74 Å². The number of carbonyl (C=O) groups excluding carboxylic acids is 1. The Labute approximate surface area is 109 Å². The van der Waals surface area contributed by atoms with Gasteiger partial charge in [0.05, 0.1) is 22.3 Å². The van der Waals surface area contributed by atoms with Crippen molar-refractivity contribution in [2.24, 2.45) is 7.05 Å². The van der Waals surface area contributed by atoms with Crippen LogP contribution in [0.5, 0.6) is 0 Å². The lowest BCUT2D eigenvalue weighted by Crippen LogP contribution is -2.48. The van der Waals surface area contributed by atoms with E-state index >= 15 is 0 Å². The van der Waals surface area contributed by atoms with Crippen LogP contribution in [0.4, 0.5) is 0 Å². The number of ether oxygens (including phenoxy) is 1. The van der Waals surface area contributed by atoms with E-state index < -0.39 is 5.60 Å². The van der Waals surface area contributed by atoms with E-state index in [1.165, 1.54) is 0 Å². The van der Waals surface area contributed by atoms with Gasteiger partial charge in [0, 0.05) is 14.2 Å². The third kappa shape index (κ3) is 2.06. The van der Waals surface area contributed by atoms with Gasteiger partial charge in [-0.25, -0.2) is 0 Å². The van der Waals surface area contributed by atoms with E-state index in [9.17, 15) is 4.79 Å². The van der Waals surface area contributed by atoms with Gasteiger partial charge >= 0.3 is 0 Å². The fraction of sp³-hybridized carbons (Fsp3) is 0.667. The first kappa shape index (κ1) is 12.8. The molecule has 0 saturated heterocycles. The van der Waals surface area contributed by atoms with Crippen molar-refractivity contribution in [2.45, 2.75) is 38.2 Å². The second-order valence-electron chi connectivity index (χ2n) is 4.62. The van der Waals surface area contributed by atoms with Gasteiger partial charge in [-0.2, -0.15) is 5.10 Å². The summed E-state index contributed by atoms with van der Waals surface area (Å²) in [6.07, 6.45) is 3.14. The Bertz CT molecular complexity index is 444. The predicted molar refractivity (Wildman–Crippen MR) is 67.9 cm³/mol. The summed E-state index contributed by atoms with van der Waals surface area (Å²) in [5.41, 5.74) is 1.31. The van der Waals surface area contributed by atoms with Crippen LogP contribution in [-0.2, 0) is 23.0 Å². The molecule has 1 aromatic rings. The van der Waals surface area contributed by atoms with Crippen molar-refractivity contribution in [3.63, 3.8) is 0 Å². The topological polar surface area (TPSA) is 44.1 Å².